The number of aryl methyl sites for hydroxylation is 1. The Kier molecular flexibility index (Phi) is 7.96. The van der Waals surface area contributed by atoms with Crippen LogP contribution in [0.15, 0.2) is 18.2 Å². The number of ether oxygens (including phenoxy) is 1. The summed E-state index contributed by atoms with van der Waals surface area (Å²) in [5, 5.41) is 7.48. The minimum atomic E-state index is -1.22. The van der Waals surface area contributed by atoms with Crippen LogP contribution in [0, 0.1) is 22.9 Å². The molecule has 0 amide bonds. The van der Waals surface area contributed by atoms with Gasteiger partial charge in [0.1, 0.15) is 12.4 Å². The first-order chi connectivity index (χ1) is 11.7. The van der Waals surface area contributed by atoms with E-state index in [1.54, 1.807) is 10.7 Å². The number of rotatable bonds is 7. The summed E-state index contributed by atoms with van der Waals surface area (Å²) in [5.41, 5.74) is 0.869. The van der Waals surface area contributed by atoms with Gasteiger partial charge in [0.2, 0.25) is 5.88 Å². The number of aromatic nitrogens is 2. The van der Waals surface area contributed by atoms with Crippen LogP contribution in [0.3, 0.4) is 0 Å². The zero-order chi connectivity index (χ0) is 18.6. The van der Waals surface area contributed by atoms with Crippen LogP contribution in [0.5, 0.6) is 5.88 Å². The number of hydrogen-bond donors (Lipinski definition) is 1. The standard InChI is InChI=1S/C18H24F3N3O.ClH/c1-18(2,3)5-6-24-17(8-13(23-24)10-22-4)25-11-12-7-15(20)16(21)9-14(12)19;/h7-9,22H,5-6,10-11H2,1-4H3;1H. The van der Waals surface area contributed by atoms with Gasteiger partial charge in [0.05, 0.1) is 5.69 Å². The van der Waals surface area contributed by atoms with E-state index in [0.29, 0.717) is 25.0 Å². The van der Waals surface area contributed by atoms with E-state index in [9.17, 15) is 13.2 Å². The predicted molar refractivity (Wildman–Crippen MR) is 97.0 cm³/mol. The molecule has 0 fully saturated rings. The van der Waals surface area contributed by atoms with Gasteiger partial charge in [-0.2, -0.15) is 5.10 Å². The third-order valence-corrected chi connectivity index (χ3v) is 3.69. The average molecular weight is 392 g/mol. The molecule has 0 bridgehead atoms. The Hall–Kier alpha value is -1.73. The van der Waals surface area contributed by atoms with E-state index in [1.165, 1.54) is 0 Å². The molecule has 8 heteroatoms. The van der Waals surface area contributed by atoms with Crippen molar-refractivity contribution in [1.29, 1.82) is 0 Å². The van der Waals surface area contributed by atoms with Gasteiger partial charge in [0, 0.05) is 30.8 Å². The largest absolute Gasteiger partial charge is 0.473 e. The van der Waals surface area contributed by atoms with Crippen molar-refractivity contribution < 1.29 is 17.9 Å². The molecule has 26 heavy (non-hydrogen) atoms. The molecule has 146 valence electrons. The summed E-state index contributed by atoms with van der Waals surface area (Å²) in [4.78, 5) is 0. The lowest BCUT2D eigenvalue weighted by Crippen LogP contribution is -2.13. The first-order valence-electron chi connectivity index (χ1n) is 8.17. The van der Waals surface area contributed by atoms with Crippen LogP contribution < -0.4 is 10.1 Å². The Labute approximate surface area is 158 Å². The lowest BCUT2D eigenvalue weighted by Gasteiger charge is -2.18. The van der Waals surface area contributed by atoms with Gasteiger partial charge in [0.15, 0.2) is 11.6 Å². The lowest BCUT2D eigenvalue weighted by molar-refractivity contribution is 0.254. The van der Waals surface area contributed by atoms with E-state index in [-0.39, 0.29) is 30.0 Å². The third-order valence-electron chi connectivity index (χ3n) is 3.69. The van der Waals surface area contributed by atoms with Crippen LogP contribution in [0.25, 0.3) is 0 Å². The topological polar surface area (TPSA) is 39.1 Å². The van der Waals surface area contributed by atoms with Crippen LogP contribution in [0.1, 0.15) is 38.4 Å². The summed E-state index contributed by atoms with van der Waals surface area (Å²) in [6.45, 7) is 7.39. The first-order valence-corrected chi connectivity index (χ1v) is 8.17. The Bertz CT molecular complexity index is 729. The molecule has 1 aromatic carbocycles. The molecule has 0 radical (unpaired) electrons. The van der Waals surface area contributed by atoms with Crippen molar-refractivity contribution in [2.75, 3.05) is 7.05 Å². The molecule has 0 aliphatic rings. The van der Waals surface area contributed by atoms with E-state index < -0.39 is 17.5 Å². The number of nitrogens with zero attached hydrogens (tertiary/aromatic N) is 2. The number of benzene rings is 1. The Balaban J connectivity index is 0.00000338. The van der Waals surface area contributed by atoms with Crippen LogP contribution in [0.4, 0.5) is 13.2 Å². The summed E-state index contributed by atoms with van der Waals surface area (Å²) in [7, 11) is 1.81. The summed E-state index contributed by atoms with van der Waals surface area (Å²) in [5.74, 6) is -2.68. The molecule has 0 saturated carbocycles. The van der Waals surface area contributed by atoms with Gasteiger partial charge in [-0.15, -0.1) is 12.4 Å². The van der Waals surface area contributed by atoms with Gasteiger partial charge in [-0.25, -0.2) is 17.9 Å². The van der Waals surface area contributed by atoms with Crippen molar-refractivity contribution >= 4 is 12.4 Å². The molecule has 0 unspecified atom stereocenters. The third kappa shape index (κ3) is 6.21. The van der Waals surface area contributed by atoms with Crippen molar-refractivity contribution in [3.05, 3.63) is 46.9 Å². The zero-order valence-electron chi connectivity index (χ0n) is 15.4. The molecule has 0 aliphatic carbocycles. The fourth-order valence-corrected chi connectivity index (χ4v) is 2.26. The Morgan fingerprint density at radius 3 is 2.35 bits per heavy atom. The van der Waals surface area contributed by atoms with Gasteiger partial charge < -0.3 is 10.1 Å². The maximum Gasteiger partial charge on any atom is 0.212 e. The maximum absolute atomic E-state index is 13.7. The summed E-state index contributed by atoms with van der Waals surface area (Å²) in [6, 6.07) is 3.10. The molecule has 0 saturated heterocycles. The fourth-order valence-electron chi connectivity index (χ4n) is 2.26. The average Bonchev–Trinajstić information content (AvgIpc) is 2.89. The molecular formula is C18H25ClF3N3O. The minimum Gasteiger partial charge on any atom is -0.473 e. The minimum absolute atomic E-state index is 0. The molecular weight excluding hydrogens is 367 g/mol. The van der Waals surface area contributed by atoms with Gasteiger partial charge in [0.25, 0.3) is 0 Å². The summed E-state index contributed by atoms with van der Waals surface area (Å²) >= 11 is 0. The highest BCUT2D eigenvalue weighted by molar-refractivity contribution is 5.85. The van der Waals surface area contributed by atoms with Crippen molar-refractivity contribution in [3.63, 3.8) is 0 Å². The van der Waals surface area contributed by atoms with Crippen molar-refractivity contribution in [1.82, 2.24) is 15.1 Å². The van der Waals surface area contributed by atoms with E-state index in [4.69, 9.17) is 4.74 Å². The fraction of sp³-hybridized carbons (Fsp3) is 0.500. The van der Waals surface area contributed by atoms with E-state index in [0.717, 1.165) is 18.2 Å². The lowest BCUT2D eigenvalue weighted by atomic mass is 9.92. The number of halogens is 4. The quantitative estimate of drug-likeness (QED) is 0.708. The van der Waals surface area contributed by atoms with Crippen LogP contribution in [-0.4, -0.2) is 16.8 Å². The molecule has 1 heterocycles. The number of nitrogens with one attached hydrogen (secondary N) is 1. The van der Waals surface area contributed by atoms with E-state index in [1.807, 2.05) is 7.05 Å². The van der Waals surface area contributed by atoms with Crippen LogP contribution >= 0.6 is 12.4 Å². The highest BCUT2D eigenvalue weighted by Crippen LogP contribution is 2.23. The summed E-state index contributed by atoms with van der Waals surface area (Å²) < 4.78 is 47.4. The normalized spacial score (nSPS) is 11.3. The smallest absolute Gasteiger partial charge is 0.212 e. The second-order valence-corrected chi connectivity index (χ2v) is 7.18. The highest BCUT2D eigenvalue weighted by Gasteiger charge is 2.16. The van der Waals surface area contributed by atoms with Gasteiger partial charge >= 0.3 is 0 Å². The van der Waals surface area contributed by atoms with Crippen LogP contribution in [0.2, 0.25) is 0 Å². The molecule has 2 rings (SSSR count). The van der Waals surface area contributed by atoms with E-state index in [2.05, 4.69) is 31.2 Å². The van der Waals surface area contributed by atoms with Crippen LogP contribution in [-0.2, 0) is 19.7 Å². The molecule has 1 N–H and O–H groups in total. The molecule has 0 atom stereocenters. The number of hydrogen-bond acceptors (Lipinski definition) is 3. The second kappa shape index (κ2) is 9.28. The molecule has 4 nitrogen and oxygen atoms in total. The zero-order valence-corrected chi connectivity index (χ0v) is 16.2. The van der Waals surface area contributed by atoms with Gasteiger partial charge in [-0.3, -0.25) is 0 Å². The van der Waals surface area contributed by atoms with Crippen molar-refractivity contribution in [2.45, 2.75) is 46.9 Å². The molecule has 1 aromatic heterocycles. The van der Waals surface area contributed by atoms with Crippen molar-refractivity contribution in [2.24, 2.45) is 5.41 Å². The predicted octanol–water partition coefficient (Wildman–Crippen LogP) is 4.46. The van der Waals surface area contributed by atoms with E-state index >= 15 is 0 Å². The Morgan fingerprint density at radius 1 is 1.08 bits per heavy atom. The van der Waals surface area contributed by atoms with Gasteiger partial charge in [-0.1, -0.05) is 20.8 Å². The molecule has 2 aromatic rings. The molecule has 0 aliphatic heterocycles. The van der Waals surface area contributed by atoms with Gasteiger partial charge in [-0.05, 0) is 24.9 Å². The summed E-state index contributed by atoms with van der Waals surface area (Å²) in [6.07, 6.45) is 0.879. The second-order valence-electron chi connectivity index (χ2n) is 7.18. The monoisotopic (exact) mass is 391 g/mol. The first kappa shape index (κ1) is 22.3. The SMILES string of the molecule is CNCc1cc(OCc2cc(F)c(F)cc2F)n(CCC(C)(C)C)n1.Cl. The van der Waals surface area contributed by atoms with Crippen molar-refractivity contribution in [3.8, 4) is 5.88 Å². The Morgan fingerprint density at radius 2 is 1.73 bits per heavy atom. The maximum atomic E-state index is 13.7. The highest BCUT2D eigenvalue weighted by atomic mass is 35.5. The molecule has 0 spiro atoms.